The zero-order chi connectivity index (χ0) is 11.4. The first-order chi connectivity index (χ1) is 7.79. The molecule has 1 nitrogen and oxygen atoms in total. The Morgan fingerprint density at radius 3 is 1.69 bits per heavy atom. The van der Waals surface area contributed by atoms with Crippen molar-refractivity contribution in [2.45, 2.75) is 6.92 Å². The molecule has 0 spiro atoms. The van der Waals surface area contributed by atoms with E-state index in [0.29, 0.717) is 0 Å². The minimum absolute atomic E-state index is 0.0896. The summed E-state index contributed by atoms with van der Waals surface area (Å²) in [6, 6.07) is 19.1. The van der Waals surface area contributed by atoms with Crippen LogP contribution in [0.15, 0.2) is 60.7 Å². The summed E-state index contributed by atoms with van der Waals surface area (Å²) in [4.78, 5) is 12.1. The summed E-state index contributed by atoms with van der Waals surface area (Å²) in [5.74, 6) is 0.874. The van der Waals surface area contributed by atoms with Crippen LogP contribution in [-0.4, -0.2) is 5.78 Å². The first kappa shape index (κ1) is 10.6. The van der Waals surface area contributed by atoms with Gasteiger partial charge in [0.1, 0.15) is 0 Å². The van der Waals surface area contributed by atoms with E-state index in [1.807, 2.05) is 67.6 Å². The van der Waals surface area contributed by atoms with Crippen LogP contribution in [0.2, 0.25) is 0 Å². The van der Waals surface area contributed by atoms with E-state index in [-0.39, 0.29) is 5.78 Å². The summed E-state index contributed by atoms with van der Waals surface area (Å²) in [5.41, 5.74) is 1.72. The van der Waals surface area contributed by atoms with Gasteiger partial charge in [-0.3, -0.25) is 4.79 Å². The molecule has 0 aliphatic carbocycles. The second-order valence-electron chi connectivity index (χ2n) is 3.69. The molecule has 0 N–H and O–H groups in total. The van der Waals surface area contributed by atoms with Crippen molar-refractivity contribution < 1.29 is 4.79 Å². The largest absolute Gasteiger partial charge is 0.293 e. The van der Waals surface area contributed by atoms with Gasteiger partial charge in [0.25, 0.3) is 0 Å². The van der Waals surface area contributed by atoms with Gasteiger partial charge < -0.3 is 0 Å². The van der Waals surface area contributed by atoms with E-state index in [1.165, 1.54) is 0 Å². The Balaban J connectivity index is 2.24. The molecule has 1 heteroatoms. The minimum Gasteiger partial charge on any atom is -0.293 e. The predicted octanol–water partition coefficient (Wildman–Crippen LogP) is 3.51. The Labute approximate surface area is 95.7 Å². The number of benzene rings is 2. The van der Waals surface area contributed by atoms with Crippen molar-refractivity contribution in [2.24, 2.45) is 0 Å². The molecule has 0 aromatic heterocycles. The fourth-order valence-corrected chi connectivity index (χ4v) is 1.63. The van der Waals surface area contributed by atoms with Gasteiger partial charge in [-0.15, -0.1) is 0 Å². The van der Waals surface area contributed by atoms with Crippen molar-refractivity contribution in [3.63, 3.8) is 0 Å². The van der Waals surface area contributed by atoms with Gasteiger partial charge in [0.2, 0.25) is 0 Å². The zero-order valence-corrected chi connectivity index (χ0v) is 9.18. The lowest BCUT2D eigenvalue weighted by atomic mass is 9.92. The molecule has 0 heterocycles. The second kappa shape index (κ2) is 4.75. The Morgan fingerprint density at radius 2 is 1.19 bits per heavy atom. The van der Waals surface area contributed by atoms with Gasteiger partial charge in [0.15, 0.2) is 5.78 Å². The van der Waals surface area contributed by atoms with Crippen LogP contribution in [0.25, 0.3) is 0 Å². The monoisotopic (exact) mass is 209 g/mol. The highest BCUT2D eigenvalue weighted by molar-refractivity contribution is 6.08. The summed E-state index contributed by atoms with van der Waals surface area (Å²) in [6.45, 7) is 1.87. The smallest absolute Gasteiger partial charge is 0.174 e. The van der Waals surface area contributed by atoms with E-state index in [0.717, 1.165) is 17.0 Å². The van der Waals surface area contributed by atoms with Gasteiger partial charge in [-0.05, 0) is 12.5 Å². The topological polar surface area (TPSA) is 17.1 Å². The normalized spacial score (nSPS) is 10.4. The lowest BCUT2D eigenvalue weighted by Gasteiger charge is -2.09. The first-order valence-corrected chi connectivity index (χ1v) is 5.28. The molecule has 0 saturated heterocycles. The van der Waals surface area contributed by atoms with Gasteiger partial charge >= 0.3 is 0 Å². The molecular weight excluding hydrogens is 196 g/mol. The third-order valence-corrected chi connectivity index (χ3v) is 2.58. The molecular formula is C15H13O. The highest BCUT2D eigenvalue weighted by Gasteiger charge is 2.16. The predicted molar refractivity (Wildman–Crippen MR) is 65.2 cm³/mol. The van der Waals surface area contributed by atoms with E-state index in [9.17, 15) is 4.79 Å². The third-order valence-electron chi connectivity index (χ3n) is 2.58. The van der Waals surface area contributed by atoms with Crippen LogP contribution in [0.1, 0.15) is 22.8 Å². The summed E-state index contributed by atoms with van der Waals surface area (Å²) < 4.78 is 0. The fourth-order valence-electron chi connectivity index (χ4n) is 1.63. The maximum absolute atomic E-state index is 12.1. The summed E-state index contributed by atoms with van der Waals surface area (Å²) in [7, 11) is 0. The number of rotatable bonds is 3. The number of carbonyl (C=O) groups is 1. The van der Waals surface area contributed by atoms with Crippen molar-refractivity contribution >= 4 is 5.78 Å². The van der Waals surface area contributed by atoms with Crippen LogP contribution in [-0.2, 0) is 0 Å². The van der Waals surface area contributed by atoms with Gasteiger partial charge in [0.05, 0.1) is 5.92 Å². The van der Waals surface area contributed by atoms with Gasteiger partial charge in [-0.25, -0.2) is 0 Å². The lowest BCUT2D eigenvalue weighted by Crippen LogP contribution is -2.10. The molecule has 2 rings (SSSR count). The van der Waals surface area contributed by atoms with E-state index >= 15 is 0 Å². The molecule has 0 aliphatic heterocycles. The maximum Gasteiger partial charge on any atom is 0.174 e. The standard InChI is InChI=1S/C15H13O/c1-12(13-8-4-2-5-9-13)15(16)14-10-6-3-7-11-14/h2-11H,1H3. The van der Waals surface area contributed by atoms with Gasteiger partial charge in [0, 0.05) is 5.56 Å². The maximum atomic E-state index is 12.1. The fraction of sp³-hybridized carbons (Fsp3) is 0.0667. The second-order valence-corrected chi connectivity index (χ2v) is 3.69. The first-order valence-electron chi connectivity index (χ1n) is 5.28. The molecule has 1 radical (unpaired) electrons. The lowest BCUT2D eigenvalue weighted by molar-refractivity contribution is 0.101. The van der Waals surface area contributed by atoms with Gasteiger partial charge in [-0.2, -0.15) is 0 Å². The summed E-state index contributed by atoms with van der Waals surface area (Å²) in [5, 5.41) is 0. The molecule has 0 fully saturated rings. The van der Waals surface area contributed by atoms with Crippen LogP contribution < -0.4 is 0 Å². The average molecular weight is 209 g/mol. The number of hydrogen-bond acceptors (Lipinski definition) is 1. The van der Waals surface area contributed by atoms with Crippen LogP contribution in [0.4, 0.5) is 0 Å². The van der Waals surface area contributed by atoms with Crippen LogP contribution in [0, 0.1) is 5.92 Å². The SMILES string of the molecule is C[C](C(=O)c1ccccc1)c1ccccc1. The van der Waals surface area contributed by atoms with E-state index in [1.54, 1.807) is 0 Å². The quantitative estimate of drug-likeness (QED) is 0.707. The molecule has 2 aromatic rings. The van der Waals surface area contributed by atoms with Crippen LogP contribution in [0.5, 0.6) is 0 Å². The Kier molecular flexibility index (Phi) is 3.16. The molecule has 0 bridgehead atoms. The van der Waals surface area contributed by atoms with Crippen LogP contribution >= 0.6 is 0 Å². The minimum atomic E-state index is 0.0896. The van der Waals surface area contributed by atoms with E-state index < -0.39 is 0 Å². The van der Waals surface area contributed by atoms with Crippen molar-refractivity contribution in [1.82, 2.24) is 0 Å². The molecule has 79 valence electrons. The zero-order valence-electron chi connectivity index (χ0n) is 9.18. The molecule has 0 unspecified atom stereocenters. The molecule has 0 amide bonds. The Hall–Kier alpha value is -1.89. The third kappa shape index (κ3) is 2.19. The van der Waals surface area contributed by atoms with Crippen molar-refractivity contribution in [2.75, 3.05) is 0 Å². The van der Waals surface area contributed by atoms with Crippen LogP contribution in [0.3, 0.4) is 0 Å². The average Bonchev–Trinajstić information content (AvgIpc) is 2.39. The van der Waals surface area contributed by atoms with Crippen molar-refractivity contribution in [3.8, 4) is 0 Å². The Morgan fingerprint density at radius 1 is 0.750 bits per heavy atom. The van der Waals surface area contributed by atoms with Crippen molar-refractivity contribution in [1.29, 1.82) is 0 Å². The van der Waals surface area contributed by atoms with E-state index in [4.69, 9.17) is 0 Å². The highest BCUT2D eigenvalue weighted by atomic mass is 16.1. The van der Waals surface area contributed by atoms with Gasteiger partial charge in [-0.1, -0.05) is 60.7 Å². The molecule has 16 heavy (non-hydrogen) atoms. The molecule has 0 saturated carbocycles. The highest BCUT2D eigenvalue weighted by Crippen LogP contribution is 2.18. The summed E-state index contributed by atoms with van der Waals surface area (Å²) in [6.07, 6.45) is 0. The summed E-state index contributed by atoms with van der Waals surface area (Å²) >= 11 is 0. The van der Waals surface area contributed by atoms with E-state index in [2.05, 4.69) is 0 Å². The number of carbonyl (C=O) groups excluding carboxylic acids is 1. The Bertz CT molecular complexity index is 459. The molecule has 0 aliphatic rings. The molecule has 2 aromatic carbocycles. The number of ketones is 1. The number of hydrogen-bond donors (Lipinski definition) is 0. The molecule has 0 atom stereocenters. The number of Topliss-reactive ketones (excluding diaryl/α,β-unsaturated/α-hetero) is 1. The van der Waals surface area contributed by atoms with Crippen molar-refractivity contribution in [3.05, 3.63) is 77.7 Å².